The van der Waals surface area contributed by atoms with E-state index in [0.717, 1.165) is 4.90 Å². The van der Waals surface area contributed by atoms with E-state index in [4.69, 9.17) is 21.4 Å². The van der Waals surface area contributed by atoms with E-state index in [1.54, 1.807) is 25.1 Å². The van der Waals surface area contributed by atoms with E-state index in [9.17, 15) is 24.3 Å². The number of carbonyl (C=O) groups is 4. The number of carbonyl (C=O) groups excluding carboxylic acids is 3. The monoisotopic (exact) mass is 523 g/mol. The predicted octanol–water partition coefficient (Wildman–Crippen LogP) is 3.45. The molecule has 1 heterocycles. The van der Waals surface area contributed by atoms with E-state index in [-0.39, 0.29) is 30.7 Å². The molecule has 0 saturated carbocycles. The molecule has 36 heavy (non-hydrogen) atoms. The van der Waals surface area contributed by atoms with Gasteiger partial charge in [-0.05, 0) is 55.7 Å². The Balaban J connectivity index is 0.00000316. The zero-order chi connectivity index (χ0) is 27.4. The lowest BCUT2D eigenvalue weighted by Gasteiger charge is -2.25. The number of halogens is 1. The Morgan fingerprint density at radius 3 is 2.53 bits per heavy atom. The number of hydrogen-bond donors (Lipinski definition) is 4. The zero-order valence-corrected chi connectivity index (χ0v) is 21.9. The second-order valence-electron chi connectivity index (χ2n) is 7.74. The van der Waals surface area contributed by atoms with E-state index in [2.05, 4.69) is 10.6 Å². The van der Waals surface area contributed by atoms with Crippen molar-refractivity contribution in [1.29, 1.82) is 0 Å². The molecule has 1 unspecified atom stereocenters. The van der Waals surface area contributed by atoms with E-state index in [0.29, 0.717) is 16.3 Å². The van der Waals surface area contributed by atoms with Crippen LogP contribution in [0.5, 0.6) is 5.75 Å². The standard InChI is InChI=1S/C23H28ClN3O7.C2H6/c1-4-17(18(28)7-5-13(2)22(31)32)26-23(33)27-12-20(29)25-11-15(21(27)30)9-14-10-16(24)6-8-19(14)34-3;1-2/h5-8,10,15,17,28H,4,9,11-12H2,1-3H3,(H,25,29)(H,26,33)(H,31,32);1-2H3/b13-5+,18-7-;/t15-,17?;/m1./s1. The summed E-state index contributed by atoms with van der Waals surface area (Å²) in [5.41, 5.74) is 0.642. The summed E-state index contributed by atoms with van der Waals surface area (Å²) in [5.74, 6) is -2.74. The second-order valence-corrected chi connectivity index (χ2v) is 8.18. The summed E-state index contributed by atoms with van der Waals surface area (Å²) >= 11 is 6.08. The number of benzene rings is 1. The van der Waals surface area contributed by atoms with Gasteiger partial charge < -0.3 is 25.6 Å². The predicted molar refractivity (Wildman–Crippen MR) is 136 cm³/mol. The van der Waals surface area contributed by atoms with Gasteiger partial charge >= 0.3 is 12.0 Å². The van der Waals surface area contributed by atoms with Crippen molar-refractivity contribution in [3.8, 4) is 5.75 Å². The molecule has 1 aromatic rings. The van der Waals surface area contributed by atoms with Crippen LogP contribution in [0.1, 0.15) is 39.7 Å². The summed E-state index contributed by atoms with van der Waals surface area (Å²) in [6.07, 6.45) is 2.80. The van der Waals surface area contributed by atoms with Gasteiger partial charge in [-0.1, -0.05) is 32.4 Å². The molecule has 0 aliphatic carbocycles. The molecule has 0 radical (unpaired) electrons. The molecule has 10 nitrogen and oxygen atoms in total. The van der Waals surface area contributed by atoms with Crippen LogP contribution >= 0.6 is 11.6 Å². The Morgan fingerprint density at radius 2 is 1.94 bits per heavy atom. The third kappa shape index (κ3) is 8.60. The molecule has 1 saturated heterocycles. The minimum absolute atomic E-state index is 0.00798. The molecule has 1 aliphatic rings. The molecule has 2 rings (SSSR count). The molecular weight excluding hydrogens is 490 g/mol. The molecule has 2 atom stereocenters. The Morgan fingerprint density at radius 1 is 1.28 bits per heavy atom. The molecule has 1 aromatic carbocycles. The number of aliphatic carboxylic acids is 1. The number of carboxylic acid groups (broad SMARTS) is 1. The van der Waals surface area contributed by atoms with Crippen LogP contribution in [-0.2, 0) is 20.8 Å². The highest BCUT2D eigenvalue weighted by atomic mass is 35.5. The van der Waals surface area contributed by atoms with E-state index in [1.165, 1.54) is 26.2 Å². The number of imide groups is 1. The second kappa shape index (κ2) is 14.8. The molecule has 0 bridgehead atoms. The van der Waals surface area contributed by atoms with Gasteiger partial charge in [0.05, 0.1) is 19.1 Å². The Hall–Kier alpha value is -3.53. The van der Waals surface area contributed by atoms with Crippen molar-refractivity contribution in [3.05, 3.63) is 52.3 Å². The van der Waals surface area contributed by atoms with Crippen LogP contribution in [0.15, 0.2) is 41.7 Å². The number of urea groups is 1. The third-order valence-corrected chi connectivity index (χ3v) is 5.56. The lowest BCUT2D eigenvalue weighted by atomic mass is 9.97. The maximum Gasteiger partial charge on any atom is 0.331 e. The van der Waals surface area contributed by atoms with Crippen molar-refractivity contribution >= 4 is 35.4 Å². The lowest BCUT2D eigenvalue weighted by molar-refractivity contribution is -0.133. The van der Waals surface area contributed by atoms with Gasteiger partial charge in [0, 0.05) is 17.1 Å². The highest BCUT2D eigenvalue weighted by Gasteiger charge is 2.35. The van der Waals surface area contributed by atoms with E-state index in [1.807, 2.05) is 13.8 Å². The average molecular weight is 524 g/mol. The van der Waals surface area contributed by atoms with E-state index < -0.39 is 42.3 Å². The largest absolute Gasteiger partial charge is 0.510 e. The number of aliphatic hydroxyl groups excluding tert-OH is 1. The first-order chi connectivity index (χ1) is 17.1. The smallest absolute Gasteiger partial charge is 0.331 e. The number of methoxy groups -OCH3 is 1. The zero-order valence-electron chi connectivity index (χ0n) is 21.1. The minimum Gasteiger partial charge on any atom is -0.510 e. The van der Waals surface area contributed by atoms with Crippen LogP contribution in [0, 0.1) is 5.92 Å². The number of ether oxygens (including phenoxy) is 1. The van der Waals surface area contributed by atoms with Crippen LogP contribution in [0.25, 0.3) is 0 Å². The van der Waals surface area contributed by atoms with Crippen molar-refractivity contribution in [3.63, 3.8) is 0 Å². The van der Waals surface area contributed by atoms with Crippen molar-refractivity contribution in [2.45, 2.75) is 46.6 Å². The summed E-state index contributed by atoms with van der Waals surface area (Å²) < 4.78 is 5.33. The molecular formula is C25H34ClN3O7. The molecule has 11 heteroatoms. The fourth-order valence-corrected chi connectivity index (χ4v) is 3.53. The third-order valence-electron chi connectivity index (χ3n) is 5.32. The van der Waals surface area contributed by atoms with Gasteiger partial charge in [0.1, 0.15) is 18.1 Å². The van der Waals surface area contributed by atoms with Crippen molar-refractivity contribution < 1.29 is 34.1 Å². The number of nitrogens with zero attached hydrogens (tertiary/aromatic N) is 1. The van der Waals surface area contributed by atoms with Gasteiger partial charge in [0.15, 0.2) is 0 Å². The average Bonchev–Trinajstić information content (AvgIpc) is 3.00. The Kier molecular flexibility index (Phi) is 12.5. The molecule has 4 amide bonds. The summed E-state index contributed by atoms with van der Waals surface area (Å²) in [4.78, 5) is 50.0. The number of nitrogens with one attached hydrogen (secondary N) is 2. The lowest BCUT2D eigenvalue weighted by Crippen LogP contribution is -2.50. The quantitative estimate of drug-likeness (QED) is 0.232. The first kappa shape index (κ1) is 30.5. The summed E-state index contributed by atoms with van der Waals surface area (Å²) in [5, 5.41) is 24.8. The van der Waals surface area contributed by atoms with Crippen LogP contribution < -0.4 is 15.4 Å². The minimum atomic E-state index is -1.15. The molecule has 4 N–H and O–H groups in total. The van der Waals surface area contributed by atoms with Crippen LogP contribution in [0.4, 0.5) is 4.79 Å². The number of amides is 4. The van der Waals surface area contributed by atoms with Gasteiger partial charge in [0.25, 0.3) is 0 Å². The molecule has 198 valence electrons. The first-order valence-corrected chi connectivity index (χ1v) is 12.0. The van der Waals surface area contributed by atoms with Gasteiger partial charge in [-0.2, -0.15) is 0 Å². The SMILES string of the molecule is CC.CCC(NC(=O)N1CC(=O)NC[C@@H](Cc2cc(Cl)ccc2OC)C1=O)/C(O)=C/C=C(\C)C(=O)O. The van der Waals surface area contributed by atoms with Crippen LogP contribution in [0.3, 0.4) is 0 Å². The van der Waals surface area contributed by atoms with Crippen molar-refractivity contribution in [1.82, 2.24) is 15.5 Å². The maximum atomic E-state index is 13.2. The van der Waals surface area contributed by atoms with Crippen LogP contribution in [0.2, 0.25) is 5.02 Å². The van der Waals surface area contributed by atoms with Gasteiger partial charge in [-0.15, -0.1) is 0 Å². The normalized spacial score (nSPS) is 17.3. The fraction of sp³-hybridized carbons (Fsp3) is 0.440. The topological polar surface area (TPSA) is 145 Å². The van der Waals surface area contributed by atoms with Gasteiger partial charge in [0.2, 0.25) is 11.8 Å². The first-order valence-electron chi connectivity index (χ1n) is 11.6. The number of aliphatic hydroxyl groups is 1. The Bertz CT molecular complexity index is 1020. The fourth-order valence-electron chi connectivity index (χ4n) is 3.34. The number of carboxylic acids is 1. The Labute approximate surface area is 215 Å². The molecule has 1 fully saturated rings. The number of hydrogen-bond acceptors (Lipinski definition) is 6. The highest BCUT2D eigenvalue weighted by Crippen LogP contribution is 2.26. The molecule has 0 aromatic heterocycles. The van der Waals surface area contributed by atoms with Gasteiger partial charge in [-0.3, -0.25) is 14.5 Å². The van der Waals surface area contributed by atoms with Crippen LogP contribution in [-0.4, -0.2) is 65.2 Å². The highest BCUT2D eigenvalue weighted by molar-refractivity contribution is 6.30. The van der Waals surface area contributed by atoms with E-state index >= 15 is 0 Å². The molecule has 1 aliphatic heterocycles. The molecule has 0 spiro atoms. The van der Waals surface area contributed by atoms with Gasteiger partial charge in [-0.25, -0.2) is 9.59 Å². The summed E-state index contributed by atoms with van der Waals surface area (Å²) in [6, 6.07) is 3.24. The van der Waals surface area contributed by atoms with Crippen molar-refractivity contribution in [2.75, 3.05) is 20.2 Å². The van der Waals surface area contributed by atoms with Crippen molar-refractivity contribution in [2.24, 2.45) is 5.92 Å². The maximum absolute atomic E-state index is 13.2. The number of rotatable bonds is 8. The summed E-state index contributed by atoms with van der Waals surface area (Å²) in [7, 11) is 1.49. The summed E-state index contributed by atoms with van der Waals surface area (Å²) in [6.45, 7) is 6.59. The number of allylic oxidation sites excluding steroid dienone is 2.